The molecule has 1 fully saturated rings. The van der Waals surface area contributed by atoms with Crippen molar-refractivity contribution in [1.82, 2.24) is 9.97 Å². The third kappa shape index (κ3) is 2.83. The zero-order chi connectivity index (χ0) is 13.2. The highest BCUT2D eigenvalue weighted by Gasteiger charge is 2.25. The second kappa shape index (κ2) is 5.85. The zero-order valence-electron chi connectivity index (χ0n) is 10.7. The van der Waals surface area contributed by atoms with Gasteiger partial charge in [-0.25, -0.2) is 9.97 Å². The third-order valence-corrected chi connectivity index (χ3v) is 5.77. The molecule has 2 atom stereocenters. The quantitative estimate of drug-likeness (QED) is 0.851. The fraction of sp³-hybridized carbons (Fsp3) is 0.538. The van der Waals surface area contributed by atoms with Crippen LogP contribution in [0.3, 0.4) is 0 Å². The van der Waals surface area contributed by atoms with Crippen molar-refractivity contribution in [2.75, 3.05) is 11.6 Å². The van der Waals surface area contributed by atoms with Gasteiger partial charge in [0.05, 0.1) is 5.39 Å². The number of halogens is 1. The Morgan fingerprint density at radius 1 is 1.37 bits per heavy atom. The van der Waals surface area contributed by atoms with Crippen LogP contribution in [0.1, 0.15) is 25.7 Å². The van der Waals surface area contributed by atoms with Crippen molar-refractivity contribution in [2.45, 2.75) is 37.0 Å². The summed E-state index contributed by atoms with van der Waals surface area (Å²) in [5, 5.41) is 7.71. The fourth-order valence-electron chi connectivity index (χ4n) is 2.66. The van der Waals surface area contributed by atoms with E-state index < -0.39 is 0 Å². The van der Waals surface area contributed by atoms with Crippen LogP contribution in [0.25, 0.3) is 10.2 Å². The Morgan fingerprint density at radius 3 is 3.05 bits per heavy atom. The number of nitrogens with zero attached hydrogens (tertiary/aromatic N) is 2. The van der Waals surface area contributed by atoms with Crippen molar-refractivity contribution >= 4 is 50.7 Å². The van der Waals surface area contributed by atoms with Gasteiger partial charge in [0.1, 0.15) is 10.6 Å². The second-order valence-electron chi connectivity index (χ2n) is 4.79. The number of anilines is 1. The Labute approximate surface area is 126 Å². The first-order valence-electron chi connectivity index (χ1n) is 6.48. The molecule has 1 saturated carbocycles. The minimum atomic E-state index is 0.328. The SMILES string of the molecule is CSC1CCCCC1Nc1nc(Cl)nc2sccc12. The maximum atomic E-state index is 6.01. The number of fused-ring (bicyclic) bond motifs is 1. The molecule has 2 aromatic heterocycles. The Balaban J connectivity index is 1.89. The lowest BCUT2D eigenvalue weighted by atomic mass is 9.95. The molecule has 0 bridgehead atoms. The molecule has 3 nitrogen and oxygen atoms in total. The number of nitrogens with one attached hydrogen (secondary N) is 1. The van der Waals surface area contributed by atoms with Gasteiger partial charge in [0.2, 0.25) is 5.28 Å². The van der Waals surface area contributed by atoms with Gasteiger partial charge in [-0.2, -0.15) is 11.8 Å². The molecule has 2 unspecified atom stereocenters. The lowest BCUT2D eigenvalue weighted by Crippen LogP contribution is -2.34. The predicted octanol–water partition coefficient (Wildman–Crippen LogP) is 4.43. The van der Waals surface area contributed by atoms with Crippen LogP contribution in [0.5, 0.6) is 0 Å². The van der Waals surface area contributed by atoms with Crippen LogP contribution >= 0.6 is 34.7 Å². The number of rotatable bonds is 3. The maximum Gasteiger partial charge on any atom is 0.225 e. The lowest BCUT2D eigenvalue weighted by Gasteiger charge is -2.31. The van der Waals surface area contributed by atoms with Crippen LogP contribution in [0.15, 0.2) is 11.4 Å². The average Bonchev–Trinajstić information content (AvgIpc) is 2.87. The summed E-state index contributed by atoms with van der Waals surface area (Å²) in [5.74, 6) is 0.891. The molecular formula is C13H16ClN3S2. The van der Waals surface area contributed by atoms with E-state index >= 15 is 0 Å². The van der Waals surface area contributed by atoms with E-state index in [4.69, 9.17) is 11.6 Å². The van der Waals surface area contributed by atoms with Gasteiger partial charge < -0.3 is 5.32 Å². The molecule has 19 heavy (non-hydrogen) atoms. The molecule has 0 saturated heterocycles. The molecule has 0 aromatic carbocycles. The molecule has 2 aromatic rings. The third-order valence-electron chi connectivity index (χ3n) is 3.63. The van der Waals surface area contributed by atoms with Gasteiger partial charge in [-0.3, -0.25) is 0 Å². The molecule has 0 radical (unpaired) electrons. The highest BCUT2D eigenvalue weighted by molar-refractivity contribution is 7.99. The highest BCUT2D eigenvalue weighted by Crippen LogP contribution is 2.32. The molecule has 1 aliphatic rings. The van der Waals surface area contributed by atoms with Gasteiger partial charge in [0.15, 0.2) is 0 Å². The van der Waals surface area contributed by atoms with Crippen molar-refractivity contribution in [3.63, 3.8) is 0 Å². The first-order valence-corrected chi connectivity index (χ1v) is 9.02. The van der Waals surface area contributed by atoms with Crippen molar-refractivity contribution < 1.29 is 0 Å². The van der Waals surface area contributed by atoms with Crippen LogP contribution in [0.2, 0.25) is 5.28 Å². The molecule has 0 aliphatic heterocycles. The van der Waals surface area contributed by atoms with Crippen molar-refractivity contribution in [3.05, 3.63) is 16.7 Å². The highest BCUT2D eigenvalue weighted by atomic mass is 35.5. The van der Waals surface area contributed by atoms with Crippen LogP contribution in [-0.2, 0) is 0 Å². The monoisotopic (exact) mass is 313 g/mol. The fourth-order valence-corrected chi connectivity index (χ4v) is 4.58. The first-order chi connectivity index (χ1) is 9.28. The van der Waals surface area contributed by atoms with Gasteiger partial charge >= 0.3 is 0 Å². The summed E-state index contributed by atoms with van der Waals surface area (Å²) in [6.45, 7) is 0. The van der Waals surface area contributed by atoms with E-state index in [1.165, 1.54) is 25.7 Å². The Bertz CT molecular complexity index is 572. The molecule has 1 N–H and O–H groups in total. The molecule has 6 heteroatoms. The van der Waals surface area contributed by atoms with E-state index in [1.807, 2.05) is 17.1 Å². The van der Waals surface area contributed by atoms with Crippen LogP contribution in [0, 0.1) is 0 Å². The van der Waals surface area contributed by atoms with E-state index in [0.717, 1.165) is 16.0 Å². The molecule has 102 valence electrons. The number of thioether (sulfide) groups is 1. The Morgan fingerprint density at radius 2 is 2.21 bits per heavy atom. The summed E-state index contributed by atoms with van der Waals surface area (Å²) in [6.07, 6.45) is 7.31. The minimum absolute atomic E-state index is 0.328. The number of aromatic nitrogens is 2. The van der Waals surface area contributed by atoms with Crippen LogP contribution < -0.4 is 5.32 Å². The zero-order valence-corrected chi connectivity index (χ0v) is 13.1. The first kappa shape index (κ1) is 13.5. The summed E-state index contributed by atoms with van der Waals surface area (Å²) < 4.78 is 0. The smallest absolute Gasteiger partial charge is 0.225 e. The Kier molecular flexibility index (Phi) is 4.15. The summed E-state index contributed by atoms with van der Waals surface area (Å²) >= 11 is 9.56. The van der Waals surface area contributed by atoms with E-state index in [1.54, 1.807) is 11.3 Å². The standard InChI is InChI=1S/C13H16ClN3S2/c1-18-10-5-3-2-4-9(10)15-11-8-6-7-19-12(8)17-13(14)16-11/h6-7,9-10H,2-5H2,1H3,(H,15,16,17). The minimum Gasteiger partial charge on any atom is -0.366 e. The van der Waals surface area contributed by atoms with Crippen molar-refractivity contribution in [3.8, 4) is 0 Å². The van der Waals surface area contributed by atoms with Crippen LogP contribution in [0.4, 0.5) is 5.82 Å². The largest absolute Gasteiger partial charge is 0.366 e. The van der Waals surface area contributed by atoms with Gasteiger partial charge in [-0.1, -0.05) is 12.8 Å². The molecule has 2 heterocycles. The second-order valence-corrected chi connectivity index (χ2v) is 7.10. The van der Waals surface area contributed by atoms with Gasteiger partial charge in [0, 0.05) is 11.3 Å². The van der Waals surface area contributed by atoms with E-state index in [-0.39, 0.29) is 0 Å². The Hall–Kier alpha value is -0.520. The van der Waals surface area contributed by atoms with E-state index in [0.29, 0.717) is 16.6 Å². The normalized spacial score (nSPS) is 23.7. The van der Waals surface area contributed by atoms with Crippen molar-refractivity contribution in [1.29, 1.82) is 0 Å². The summed E-state index contributed by atoms with van der Waals surface area (Å²) in [5.41, 5.74) is 0. The topological polar surface area (TPSA) is 37.8 Å². The average molecular weight is 314 g/mol. The molecule has 1 aliphatic carbocycles. The van der Waals surface area contributed by atoms with E-state index in [2.05, 4.69) is 27.6 Å². The molecular weight excluding hydrogens is 298 g/mol. The predicted molar refractivity (Wildman–Crippen MR) is 85.6 cm³/mol. The summed E-state index contributed by atoms with van der Waals surface area (Å²) in [4.78, 5) is 9.59. The molecule has 3 rings (SSSR count). The van der Waals surface area contributed by atoms with Gasteiger partial charge in [0.25, 0.3) is 0 Å². The van der Waals surface area contributed by atoms with E-state index in [9.17, 15) is 0 Å². The number of hydrogen-bond acceptors (Lipinski definition) is 5. The van der Waals surface area contributed by atoms with Gasteiger partial charge in [-0.15, -0.1) is 11.3 Å². The summed E-state index contributed by atoms with van der Waals surface area (Å²) in [6, 6.07) is 2.55. The van der Waals surface area contributed by atoms with Gasteiger partial charge in [-0.05, 0) is 42.1 Å². The van der Waals surface area contributed by atoms with Crippen molar-refractivity contribution in [2.24, 2.45) is 0 Å². The molecule has 0 amide bonds. The maximum absolute atomic E-state index is 6.01. The lowest BCUT2D eigenvalue weighted by molar-refractivity contribution is 0.474. The van der Waals surface area contributed by atoms with Crippen LogP contribution in [-0.4, -0.2) is 27.5 Å². The molecule has 0 spiro atoms. The number of thiophene rings is 1. The summed E-state index contributed by atoms with van der Waals surface area (Å²) in [7, 11) is 0. The number of hydrogen-bond donors (Lipinski definition) is 1.